The quantitative estimate of drug-likeness (QED) is 0.385. The van der Waals surface area contributed by atoms with Gasteiger partial charge in [-0.05, 0) is 46.7 Å². The van der Waals surface area contributed by atoms with Crippen molar-refractivity contribution in [1.82, 2.24) is 28.8 Å². The number of hydrogen-bond acceptors (Lipinski definition) is 8. The van der Waals surface area contributed by atoms with Gasteiger partial charge in [-0.3, -0.25) is 4.79 Å². The minimum Gasteiger partial charge on any atom is -0.480 e. The molecule has 1 aliphatic carbocycles. The van der Waals surface area contributed by atoms with Crippen molar-refractivity contribution >= 4 is 27.8 Å². The SMILES string of the molecule is Nc1nnnn1CCN([C@]1(C(=O)O)C[C@H]1c1ccccc1)S(=O)(=O)N1CCN(c2ccc(C(F)(F)F)cc2)CC1. The van der Waals surface area contributed by atoms with Crippen LogP contribution in [0.3, 0.4) is 0 Å². The van der Waals surface area contributed by atoms with Crippen molar-refractivity contribution in [3.05, 3.63) is 65.7 Å². The molecule has 3 N–H and O–H groups in total. The number of benzene rings is 2. The highest BCUT2D eigenvalue weighted by Gasteiger charge is 2.68. The van der Waals surface area contributed by atoms with E-state index in [0.717, 1.165) is 16.4 Å². The number of piperazine rings is 1. The van der Waals surface area contributed by atoms with E-state index < -0.39 is 39.4 Å². The number of rotatable bonds is 9. The monoisotopic (exact) mass is 580 g/mol. The zero-order valence-corrected chi connectivity index (χ0v) is 22.0. The molecule has 2 aliphatic rings. The number of aliphatic carboxylic acids is 1. The summed E-state index contributed by atoms with van der Waals surface area (Å²) in [6.45, 7) is 0.130. The third kappa shape index (κ3) is 5.09. The van der Waals surface area contributed by atoms with Crippen molar-refractivity contribution in [2.75, 3.05) is 43.4 Å². The van der Waals surface area contributed by atoms with Gasteiger partial charge in [0.25, 0.3) is 10.2 Å². The van der Waals surface area contributed by atoms with Crippen LogP contribution < -0.4 is 10.6 Å². The highest BCUT2D eigenvalue weighted by atomic mass is 32.2. The van der Waals surface area contributed by atoms with E-state index in [0.29, 0.717) is 11.3 Å². The number of carbonyl (C=O) groups is 1. The number of carboxylic acid groups (broad SMARTS) is 1. The summed E-state index contributed by atoms with van der Waals surface area (Å²) in [5.41, 5.74) is 4.50. The lowest BCUT2D eigenvalue weighted by molar-refractivity contribution is -0.143. The van der Waals surface area contributed by atoms with Crippen molar-refractivity contribution in [3.63, 3.8) is 0 Å². The summed E-state index contributed by atoms with van der Waals surface area (Å²) in [5, 5.41) is 21.2. The van der Waals surface area contributed by atoms with Crippen molar-refractivity contribution < 1.29 is 31.5 Å². The molecule has 5 rings (SSSR count). The molecule has 3 aromatic rings. The summed E-state index contributed by atoms with van der Waals surface area (Å²) < 4.78 is 70.3. The van der Waals surface area contributed by atoms with E-state index in [4.69, 9.17) is 5.73 Å². The zero-order valence-electron chi connectivity index (χ0n) is 21.1. The fraction of sp³-hybridized carbons (Fsp3) is 0.417. The van der Waals surface area contributed by atoms with Gasteiger partial charge in [-0.2, -0.15) is 30.2 Å². The van der Waals surface area contributed by atoms with Gasteiger partial charge < -0.3 is 15.7 Å². The van der Waals surface area contributed by atoms with Crippen molar-refractivity contribution in [2.45, 2.75) is 30.6 Å². The average molecular weight is 581 g/mol. The third-order valence-corrected chi connectivity index (χ3v) is 9.51. The number of nitrogens with zero attached hydrogens (tertiary/aromatic N) is 7. The number of aromatic nitrogens is 4. The van der Waals surface area contributed by atoms with E-state index >= 15 is 0 Å². The van der Waals surface area contributed by atoms with Crippen molar-refractivity contribution in [2.24, 2.45) is 0 Å². The Kier molecular flexibility index (Phi) is 7.18. The van der Waals surface area contributed by atoms with Gasteiger partial charge in [0.2, 0.25) is 5.95 Å². The number of halogens is 3. The Labute approximate surface area is 227 Å². The molecule has 2 aromatic carbocycles. The van der Waals surface area contributed by atoms with E-state index in [2.05, 4.69) is 15.5 Å². The summed E-state index contributed by atoms with van der Waals surface area (Å²) in [6.07, 6.45) is -4.37. The van der Waals surface area contributed by atoms with Crippen LogP contribution in [0, 0.1) is 0 Å². The van der Waals surface area contributed by atoms with Gasteiger partial charge >= 0.3 is 12.1 Å². The largest absolute Gasteiger partial charge is 0.480 e. The first-order chi connectivity index (χ1) is 18.9. The molecular formula is C24H27F3N8O4S. The predicted octanol–water partition coefficient (Wildman–Crippen LogP) is 1.65. The molecular weight excluding hydrogens is 553 g/mol. The van der Waals surface area contributed by atoms with Crippen LogP contribution in [0.4, 0.5) is 24.8 Å². The van der Waals surface area contributed by atoms with Gasteiger partial charge in [-0.25, -0.2) is 4.68 Å². The number of tetrazole rings is 1. The number of hydrogen-bond donors (Lipinski definition) is 2. The van der Waals surface area contributed by atoms with Crippen molar-refractivity contribution in [1.29, 1.82) is 0 Å². The van der Waals surface area contributed by atoms with Crippen LogP contribution in [0.5, 0.6) is 0 Å². The fourth-order valence-corrected chi connectivity index (χ4v) is 7.11. The normalized spacial score (nSPS) is 22.0. The maximum absolute atomic E-state index is 14.0. The molecule has 2 heterocycles. The molecule has 2 fully saturated rings. The number of alkyl halides is 3. The third-order valence-electron chi connectivity index (χ3n) is 7.43. The van der Waals surface area contributed by atoms with E-state index in [9.17, 15) is 31.5 Å². The topological polar surface area (TPSA) is 151 Å². The molecule has 1 saturated heterocycles. The lowest BCUT2D eigenvalue weighted by Gasteiger charge is -2.39. The Hall–Kier alpha value is -3.76. The second kappa shape index (κ2) is 10.3. The van der Waals surface area contributed by atoms with Gasteiger partial charge in [0.1, 0.15) is 5.54 Å². The molecule has 214 valence electrons. The number of nitrogens with two attached hydrogens (primary N) is 1. The minimum absolute atomic E-state index is 0.0125. The van der Waals surface area contributed by atoms with Gasteiger partial charge in [0.15, 0.2) is 0 Å². The lowest BCUT2D eigenvalue weighted by Crippen LogP contribution is -2.58. The van der Waals surface area contributed by atoms with Gasteiger partial charge in [-0.15, -0.1) is 0 Å². The molecule has 0 spiro atoms. The summed E-state index contributed by atoms with van der Waals surface area (Å²) in [5.74, 6) is -1.87. The first kappa shape index (κ1) is 27.8. The summed E-state index contributed by atoms with van der Waals surface area (Å²) in [4.78, 5) is 14.5. The van der Waals surface area contributed by atoms with E-state index in [-0.39, 0.29) is 51.6 Å². The van der Waals surface area contributed by atoms with Crippen LogP contribution in [0.15, 0.2) is 54.6 Å². The maximum Gasteiger partial charge on any atom is 0.416 e. The van der Waals surface area contributed by atoms with E-state index in [1.807, 2.05) is 0 Å². The Morgan fingerprint density at radius 2 is 1.73 bits per heavy atom. The van der Waals surface area contributed by atoms with E-state index in [1.165, 1.54) is 21.1 Å². The van der Waals surface area contributed by atoms with Gasteiger partial charge in [0, 0.05) is 44.3 Å². The molecule has 40 heavy (non-hydrogen) atoms. The second-order valence-corrected chi connectivity index (χ2v) is 11.5. The molecule has 0 amide bonds. The standard InChI is InChI=1S/C24H27F3N8O4S/c25-24(26,27)18-6-8-19(9-7-18)32-10-12-33(13-11-32)40(38,39)35(15-14-34-22(28)29-30-31-34)23(21(36)37)16-20(23)17-4-2-1-3-5-17/h1-9,20H,10-16H2,(H,36,37)(H2,28,29,31)/t20-,23+/m0/s1. The summed E-state index contributed by atoms with van der Waals surface area (Å²) >= 11 is 0. The van der Waals surface area contributed by atoms with Crippen LogP contribution in [0.1, 0.15) is 23.5 Å². The smallest absolute Gasteiger partial charge is 0.416 e. The average Bonchev–Trinajstić information content (AvgIpc) is 3.56. The second-order valence-electron chi connectivity index (χ2n) is 9.67. The van der Waals surface area contributed by atoms with Crippen LogP contribution in [0.2, 0.25) is 0 Å². The van der Waals surface area contributed by atoms with E-state index in [1.54, 1.807) is 35.2 Å². The first-order valence-electron chi connectivity index (χ1n) is 12.4. The zero-order chi connectivity index (χ0) is 28.7. The predicted molar refractivity (Wildman–Crippen MR) is 137 cm³/mol. The Bertz CT molecular complexity index is 1460. The Morgan fingerprint density at radius 1 is 1.07 bits per heavy atom. The first-order valence-corrected chi connectivity index (χ1v) is 13.8. The summed E-state index contributed by atoms with van der Waals surface area (Å²) in [7, 11) is -4.32. The molecule has 0 radical (unpaired) electrons. The van der Waals surface area contributed by atoms with Crippen LogP contribution in [-0.2, 0) is 27.7 Å². The fourth-order valence-electron chi connectivity index (χ4n) is 5.20. The highest BCUT2D eigenvalue weighted by Crippen LogP contribution is 2.57. The number of anilines is 2. The van der Waals surface area contributed by atoms with Gasteiger partial charge in [-0.1, -0.05) is 35.4 Å². The molecule has 1 aromatic heterocycles. The Morgan fingerprint density at radius 3 is 2.27 bits per heavy atom. The molecule has 1 saturated carbocycles. The lowest BCUT2D eigenvalue weighted by atomic mass is 10.1. The molecule has 16 heteroatoms. The van der Waals surface area contributed by atoms with Gasteiger partial charge in [0.05, 0.1) is 12.1 Å². The molecule has 2 atom stereocenters. The summed E-state index contributed by atoms with van der Waals surface area (Å²) in [6, 6.07) is 13.5. The van der Waals surface area contributed by atoms with Crippen LogP contribution in [-0.4, -0.2) is 86.6 Å². The molecule has 1 aliphatic heterocycles. The minimum atomic E-state index is -4.46. The Balaban J connectivity index is 1.38. The number of nitrogen functional groups attached to an aromatic ring is 1. The van der Waals surface area contributed by atoms with Crippen LogP contribution >= 0.6 is 0 Å². The maximum atomic E-state index is 14.0. The van der Waals surface area contributed by atoms with Crippen LogP contribution in [0.25, 0.3) is 0 Å². The molecule has 12 nitrogen and oxygen atoms in total. The number of carboxylic acids is 1. The molecule has 0 unspecified atom stereocenters. The van der Waals surface area contributed by atoms with Crippen molar-refractivity contribution in [3.8, 4) is 0 Å². The molecule has 0 bridgehead atoms. The highest BCUT2D eigenvalue weighted by molar-refractivity contribution is 7.86.